The van der Waals surface area contributed by atoms with E-state index in [2.05, 4.69) is 61.5 Å². The lowest BCUT2D eigenvalue weighted by atomic mass is 9.88. The van der Waals surface area contributed by atoms with Crippen molar-refractivity contribution in [3.8, 4) is 0 Å². The summed E-state index contributed by atoms with van der Waals surface area (Å²) in [4.78, 5) is 0. The lowest BCUT2D eigenvalue weighted by Crippen LogP contribution is -2.10. The van der Waals surface area contributed by atoms with Gasteiger partial charge in [-0.15, -0.1) is 0 Å². The van der Waals surface area contributed by atoms with E-state index in [1.165, 1.54) is 27.8 Å². The summed E-state index contributed by atoms with van der Waals surface area (Å²) in [7, 11) is 1.80. The summed E-state index contributed by atoms with van der Waals surface area (Å²) in [6, 6.07) is 17.1. The standard InChI is InChI=1S/C18H18O/c1-13-11-14-7-3-4-8-15(14)12-18(19-2)17-10-6-5-9-16(13)17/h3-11,18H,12H2,1-2H3/b13-11-. The van der Waals surface area contributed by atoms with Gasteiger partial charge in [0.25, 0.3) is 0 Å². The van der Waals surface area contributed by atoms with Crippen molar-refractivity contribution in [3.05, 3.63) is 70.8 Å². The van der Waals surface area contributed by atoms with Crippen LogP contribution >= 0.6 is 0 Å². The Morgan fingerprint density at radius 3 is 2.58 bits per heavy atom. The van der Waals surface area contributed by atoms with Gasteiger partial charge in [0.15, 0.2) is 0 Å². The molecule has 3 rings (SSSR count). The van der Waals surface area contributed by atoms with Crippen LogP contribution < -0.4 is 0 Å². The van der Waals surface area contributed by atoms with E-state index in [0.29, 0.717) is 0 Å². The van der Waals surface area contributed by atoms with Crippen molar-refractivity contribution in [2.45, 2.75) is 19.4 Å². The van der Waals surface area contributed by atoms with Gasteiger partial charge >= 0.3 is 0 Å². The molecule has 0 bridgehead atoms. The van der Waals surface area contributed by atoms with Gasteiger partial charge in [-0.3, -0.25) is 0 Å². The third kappa shape index (κ3) is 2.22. The fraction of sp³-hybridized carbons (Fsp3) is 0.222. The number of benzene rings is 2. The van der Waals surface area contributed by atoms with Crippen molar-refractivity contribution in [2.24, 2.45) is 0 Å². The molecule has 1 atom stereocenters. The Morgan fingerprint density at radius 1 is 1.00 bits per heavy atom. The molecule has 0 saturated heterocycles. The van der Waals surface area contributed by atoms with Gasteiger partial charge in [0.2, 0.25) is 0 Å². The Morgan fingerprint density at radius 2 is 1.74 bits per heavy atom. The Balaban J connectivity index is 2.22. The maximum Gasteiger partial charge on any atom is 0.0867 e. The molecule has 0 aliphatic heterocycles. The SMILES string of the molecule is COC1Cc2ccccc2/C=C(/C)c2ccccc21. The van der Waals surface area contributed by atoms with E-state index in [4.69, 9.17) is 4.74 Å². The first-order chi connectivity index (χ1) is 9.29. The van der Waals surface area contributed by atoms with Crippen LogP contribution in [0.1, 0.15) is 35.3 Å². The number of hydrogen-bond donors (Lipinski definition) is 0. The number of methoxy groups -OCH3 is 1. The average Bonchev–Trinajstić information content (AvgIpc) is 2.45. The highest BCUT2D eigenvalue weighted by Crippen LogP contribution is 2.33. The molecule has 0 radical (unpaired) electrons. The molecule has 0 aromatic heterocycles. The first-order valence-corrected chi connectivity index (χ1v) is 6.68. The Hall–Kier alpha value is -1.86. The molecule has 19 heavy (non-hydrogen) atoms. The molecule has 0 fully saturated rings. The molecule has 2 aromatic rings. The van der Waals surface area contributed by atoms with E-state index in [1.807, 2.05) is 0 Å². The van der Waals surface area contributed by atoms with Crippen LogP contribution in [0.3, 0.4) is 0 Å². The highest BCUT2D eigenvalue weighted by atomic mass is 16.5. The smallest absolute Gasteiger partial charge is 0.0867 e. The quantitative estimate of drug-likeness (QED) is 0.724. The van der Waals surface area contributed by atoms with Crippen LogP contribution in [0.5, 0.6) is 0 Å². The van der Waals surface area contributed by atoms with Crippen LogP contribution in [0.2, 0.25) is 0 Å². The molecular formula is C18H18O. The monoisotopic (exact) mass is 250 g/mol. The molecule has 1 heteroatoms. The fourth-order valence-corrected chi connectivity index (χ4v) is 2.83. The van der Waals surface area contributed by atoms with Gasteiger partial charge in [0.05, 0.1) is 6.10 Å². The largest absolute Gasteiger partial charge is 0.376 e. The van der Waals surface area contributed by atoms with Gasteiger partial charge in [0.1, 0.15) is 0 Å². The molecule has 96 valence electrons. The zero-order valence-electron chi connectivity index (χ0n) is 11.4. The zero-order chi connectivity index (χ0) is 13.2. The van der Waals surface area contributed by atoms with Crippen molar-refractivity contribution in [3.63, 3.8) is 0 Å². The summed E-state index contributed by atoms with van der Waals surface area (Å²) in [5, 5.41) is 0. The van der Waals surface area contributed by atoms with Gasteiger partial charge in [0, 0.05) is 13.5 Å². The van der Waals surface area contributed by atoms with Crippen molar-refractivity contribution < 1.29 is 4.74 Å². The second-order valence-electron chi connectivity index (χ2n) is 5.04. The molecule has 0 amide bonds. The van der Waals surface area contributed by atoms with Crippen LogP contribution in [-0.2, 0) is 11.2 Å². The van der Waals surface area contributed by atoms with E-state index in [-0.39, 0.29) is 6.10 Å². The number of fused-ring (bicyclic) bond motifs is 2. The number of ether oxygens (including phenoxy) is 1. The third-order valence-electron chi connectivity index (χ3n) is 3.85. The molecular weight excluding hydrogens is 232 g/mol. The van der Waals surface area contributed by atoms with Crippen molar-refractivity contribution in [1.82, 2.24) is 0 Å². The minimum absolute atomic E-state index is 0.126. The first kappa shape index (κ1) is 12.2. The van der Waals surface area contributed by atoms with Crippen LogP contribution in [0.25, 0.3) is 11.6 Å². The highest BCUT2D eigenvalue weighted by Gasteiger charge is 2.19. The van der Waals surface area contributed by atoms with Crippen LogP contribution in [-0.4, -0.2) is 7.11 Å². The van der Waals surface area contributed by atoms with Gasteiger partial charge < -0.3 is 4.74 Å². The molecule has 0 spiro atoms. The molecule has 2 aromatic carbocycles. The zero-order valence-corrected chi connectivity index (χ0v) is 11.4. The van der Waals surface area contributed by atoms with E-state index in [0.717, 1.165) is 6.42 Å². The molecule has 1 aliphatic carbocycles. The third-order valence-corrected chi connectivity index (χ3v) is 3.85. The topological polar surface area (TPSA) is 9.23 Å². The summed E-state index contributed by atoms with van der Waals surface area (Å²) in [6.45, 7) is 2.17. The highest BCUT2D eigenvalue weighted by molar-refractivity contribution is 5.83. The molecule has 0 heterocycles. The predicted octanol–water partition coefficient (Wildman–Crippen LogP) is 4.49. The number of rotatable bonds is 1. The van der Waals surface area contributed by atoms with Crippen LogP contribution in [0.4, 0.5) is 0 Å². The first-order valence-electron chi connectivity index (χ1n) is 6.68. The summed E-state index contributed by atoms with van der Waals surface area (Å²) >= 11 is 0. The Kier molecular flexibility index (Phi) is 3.22. The van der Waals surface area contributed by atoms with Crippen molar-refractivity contribution in [2.75, 3.05) is 7.11 Å². The maximum atomic E-state index is 5.73. The lowest BCUT2D eigenvalue weighted by molar-refractivity contribution is 0.103. The maximum absolute atomic E-state index is 5.73. The van der Waals surface area contributed by atoms with Gasteiger partial charge in [-0.2, -0.15) is 0 Å². The number of allylic oxidation sites excluding steroid dienone is 1. The van der Waals surface area contributed by atoms with Gasteiger partial charge in [-0.25, -0.2) is 0 Å². The predicted molar refractivity (Wildman–Crippen MR) is 79.9 cm³/mol. The summed E-state index contributed by atoms with van der Waals surface area (Å²) in [6.07, 6.45) is 3.33. The van der Waals surface area contributed by atoms with E-state index >= 15 is 0 Å². The summed E-state index contributed by atoms with van der Waals surface area (Å²) in [5.74, 6) is 0. The Bertz CT molecular complexity index is 625. The lowest BCUT2D eigenvalue weighted by Gasteiger charge is -2.23. The normalized spacial score (nSPS) is 20.5. The summed E-state index contributed by atoms with van der Waals surface area (Å²) in [5.41, 5.74) is 6.53. The van der Waals surface area contributed by atoms with Crippen molar-refractivity contribution in [1.29, 1.82) is 0 Å². The van der Waals surface area contributed by atoms with Gasteiger partial charge in [-0.1, -0.05) is 54.6 Å². The van der Waals surface area contributed by atoms with Crippen LogP contribution in [0.15, 0.2) is 48.5 Å². The van der Waals surface area contributed by atoms with E-state index in [9.17, 15) is 0 Å². The van der Waals surface area contributed by atoms with Crippen molar-refractivity contribution >= 4 is 11.6 Å². The Labute approximate surface area is 114 Å². The molecule has 1 nitrogen and oxygen atoms in total. The van der Waals surface area contributed by atoms with Gasteiger partial charge in [-0.05, 0) is 34.8 Å². The second kappa shape index (κ2) is 5.02. The van der Waals surface area contributed by atoms with E-state index < -0.39 is 0 Å². The second-order valence-corrected chi connectivity index (χ2v) is 5.04. The average molecular weight is 250 g/mol. The van der Waals surface area contributed by atoms with Crippen LogP contribution in [0, 0.1) is 0 Å². The minimum atomic E-state index is 0.126. The van der Waals surface area contributed by atoms with E-state index in [1.54, 1.807) is 7.11 Å². The molecule has 0 N–H and O–H groups in total. The fourth-order valence-electron chi connectivity index (χ4n) is 2.83. The molecule has 0 saturated carbocycles. The number of hydrogen-bond acceptors (Lipinski definition) is 1. The molecule has 1 aliphatic rings. The summed E-state index contributed by atoms with van der Waals surface area (Å²) < 4.78 is 5.73. The minimum Gasteiger partial charge on any atom is -0.376 e. The molecule has 1 unspecified atom stereocenters.